The number of fused-ring (bicyclic) bond motifs is 6. The summed E-state index contributed by atoms with van der Waals surface area (Å²) in [5, 5.41) is 16.2. The van der Waals surface area contributed by atoms with Crippen LogP contribution in [0, 0.1) is 11.3 Å². The Morgan fingerprint density at radius 3 is 1.11 bits per heavy atom. The van der Waals surface area contributed by atoms with Gasteiger partial charge in [0, 0.05) is 38.2 Å². The summed E-state index contributed by atoms with van der Waals surface area (Å²) < 4.78 is 4.75. The van der Waals surface area contributed by atoms with Gasteiger partial charge in [0.1, 0.15) is 6.07 Å². The summed E-state index contributed by atoms with van der Waals surface area (Å²) in [7, 11) is 0. The molecule has 0 saturated heterocycles. The molecular weight excluding hydrogens is 921 g/mol. The predicted octanol–water partition coefficient (Wildman–Crippen LogP) is 18.8. The topological polar surface area (TPSA) is 46.5 Å². The Hall–Kier alpha value is -10.3. The first-order valence-corrected chi connectivity index (χ1v) is 25.8. The first-order valence-electron chi connectivity index (χ1n) is 25.8. The van der Waals surface area contributed by atoms with Crippen LogP contribution in [0.15, 0.2) is 279 Å². The zero-order valence-electron chi connectivity index (χ0n) is 41.3. The molecular formula is C72H46N4. The third kappa shape index (κ3) is 7.41. The van der Waals surface area contributed by atoms with Gasteiger partial charge >= 0.3 is 0 Å². The number of aromatic nitrogens is 3. The van der Waals surface area contributed by atoms with E-state index in [0.717, 1.165) is 128 Å². The minimum absolute atomic E-state index is 0.550. The number of benzene rings is 11. The summed E-state index contributed by atoms with van der Waals surface area (Å²) in [4.78, 5) is 5.32. The van der Waals surface area contributed by atoms with Crippen molar-refractivity contribution in [2.75, 3.05) is 0 Å². The molecule has 0 saturated carbocycles. The van der Waals surface area contributed by atoms with Gasteiger partial charge in [-0.15, -0.1) is 0 Å². The quantitative estimate of drug-likeness (QED) is 0.145. The van der Waals surface area contributed by atoms with Crippen LogP contribution in [0.25, 0.3) is 133 Å². The fraction of sp³-hybridized carbons (Fsp3) is 0. The zero-order chi connectivity index (χ0) is 50.5. The van der Waals surface area contributed by atoms with Crippen LogP contribution in [0.3, 0.4) is 0 Å². The Morgan fingerprint density at radius 1 is 0.276 bits per heavy atom. The highest BCUT2D eigenvalue weighted by atomic mass is 15.0. The van der Waals surface area contributed by atoms with Crippen LogP contribution in [-0.2, 0) is 0 Å². The molecule has 354 valence electrons. The van der Waals surface area contributed by atoms with E-state index in [1.807, 2.05) is 12.1 Å². The molecule has 11 aromatic carbocycles. The molecule has 14 rings (SSSR count). The van der Waals surface area contributed by atoms with Gasteiger partial charge in [-0.25, -0.2) is 4.98 Å². The summed E-state index contributed by atoms with van der Waals surface area (Å²) in [5.41, 5.74) is 21.2. The summed E-state index contributed by atoms with van der Waals surface area (Å²) in [6, 6.07) is 102. The lowest BCUT2D eigenvalue weighted by Gasteiger charge is -2.20. The van der Waals surface area contributed by atoms with E-state index in [0.29, 0.717) is 5.56 Å². The summed E-state index contributed by atoms with van der Waals surface area (Å²) in [5.74, 6) is 0. The Bertz CT molecular complexity index is 4510. The fourth-order valence-electron chi connectivity index (χ4n) is 11.6. The second-order valence-electron chi connectivity index (χ2n) is 19.3. The molecule has 0 aliphatic rings. The van der Waals surface area contributed by atoms with E-state index in [2.05, 4.69) is 282 Å². The maximum absolute atomic E-state index is 11.7. The number of para-hydroxylation sites is 2. The van der Waals surface area contributed by atoms with Crippen molar-refractivity contribution in [2.45, 2.75) is 0 Å². The van der Waals surface area contributed by atoms with E-state index in [1.54, 1.807) is 0 Å². The lowest BCUT2D eigenvalue weighted by Crippen LogP contribution is -2.04. The second kappa shape index (κ2) is 18.6. The van der Waals surface area contributed by atoms with Crippen LogP contribution in [0.2, 0.25) is 0 Å². The van der Waals surface area contributed by atoms with E-state index < -0.39 is 0 Å². The number of nitriles is 1. The Morgan fingerprint density at radius 2 is 0.645 bits per heavy atom. The van der Waals surface area contributed by atoms with E-state index >= 15 is 0 Å². The zero-order valence-corrected chi connectivity index (χ0v) is 41.3. The van der Waals surface area contributed by atoms with E-state index in [9.17, 15) is 5.26 Å². The van der Waals surface area contributed by atoms with Crippen molar-refractivity contribution in [3.05, 3.63) is 285 Å². The number of hydrogen-bond acceptors (Lipinski definition) is 2. The monoisotopic (exact) mass is 966 g/mol. The van der Waals surface area contributed by atoms with Crippen molar-refractivity contribution in [1.29, 1.82) is 5.26 Å². The van der Waals surface area contributed by atoms with Gasteiger partial charge in [0.05, 0.1) is 50.4 Å². The van der Waals surface area contributed by atoms with Crippen LogP contribution in [0.5, 0.6) is 0 Å². The highest BCUT2D eigenvalue weighted by Crippen LogP contribution is 2.47. The molecule has 0 aliphatic carbocycles. The van der Waals surface area contributed by atoms with E-state index in [-0.39, 0.29) is 0 Å². The molecule has 0 atom stereocenters. The number of nitrogens with zero attached hydrogens (tertiary/aromatic N) is 4. The van der Waals surface area contributed by atoms with Gasteiger partial charge in [-0.3, -0.25) is 0 Å². The molecule has 76 heavy (non-hydrogen) atoms. The van der Waals surface area contributed by atoms with Gasteiger partial charge in [-0.1, -0.05) is 231 Å². The molecule has 0 aliphatic heterocycles. The van der Waals surface area contributed by atoms with Gasteiger partial charge in [0.2, 0.25) is 0 Å². The normalized spacial score (nSPS) is 11.4. The van der Waals surface area contributed by atoms with Crippen molar-refractivity contribution >= 4 is 43.6 Å². The Kier molecular flexibility index (Phi) is 10.9. The molecule has 0 fully saturated rings. The molecule has 4 heteroatoms. The van der Waals surface area contributed by atoms with Crippen molar-refractivity contribution < 1.29 is 0 Å². The largest absolute Gasteiger partial charge is 0.309 e. The van der Waals surface area contributed by atoms with E-state index in [1.165, 1.54) is 5.56 Å². The van der Waals surface area contributed by atoms with Crippen molar-refractivity contribution in [1.82, 2.24) is 14.1 Å². The molecule has 0 radical (unpaired) electrons. The summed E-state index contributed by atoms with van der Waals surface area (Å²) in [6.45, 7) is 0. The minimum atomic E-state index is 0.550. The van der Waals surface area contributed by atoms with Crippen LogP contribution in [0.1, 0.15) is 5.56 Å². The SMILES string of the molecule is N#Cc1cc(-c2cc(-c3ccccc3)nc(-c3ccccc3)c2)c(-n2c3ccccc3c3c(-c4ccccc4-c4ccccc4)cccc32)cc1-n1c2ccccc2c2c(-c3ccccc3-c3ccccc3)cccc21. The molecule has 0 spiro atoms. The van der Waals surface area contributed by atoms with Crippen molar-refractivity contribution in [2.24, 2.45) is 0 Å². The Balaban J connectivity index is 1.10. The van der Waals surface area contributed by atoms with Crippen molar-refractivity contribution in [3.63, 3.8) is 0 Å². The molecule has 0 amide bonds. The van der Waals surface area contributed by atoms with Crippen LogP contribution >= 0.6 is 0 Å². The van der Waals surface area contributed by atoms with Gasteiger partial charge in [0.15, 0.2) is 0 Å². The third-order valence-corrected chi connectivity index (χ3v) is 15.0. The number of rotatable bonds is 9. The van der Waals surface area contributed by atoms with Gasteiger partial charge in [0.25, 0.3) is 0 Å². The number of hydrogen-bond donors (Lipinski definition) is 0. The smallest absolute Gasteiger partial charge is 0.101 e. The summed E-state index contributed by atoms with van der Waals surface area (Å²) >= 11 is 0. The minimum Gasteiger partial charge on any atom is -0.309 e. The molecule has 0 unspecified atom stereocenters. The number of pyridine rings is 1. The molecule has 14 aromatic rings. The lowest BCUT2D eigenvalue weighted by atomic mass is 9.92. The standard InChI is InChI=1S/C72H46N4/c73-47-53-43-62(52-44-63(50-27-9-3-10-28-50)74-64(45-52)51-29-11-4-12-30-51)70(76-66-40-20-18-36-61(66)72-59(38-22-42-68(72)76)57-34-16-14-32-55(57)49-25-7-2-8-26-49)46-69(53)75-65-39-19-17-35-60(65)71-58(37-21-41-67(71)75)56-33-15-13-31-54(56)48-23-5-1-6-24-48/h1-46H. The third-order valence-electron chi connectivity index (χ3n) is 15.0. The average Bonchev–Trinajstić information content (AvgIpc) is 4.13. The molecule has 0 N–H and O–H groups in total. The first-order chi connectivity index (χ1) is 37.7. The lowest BCUT2D eigenvalue weighted by molar-refractivity contribution is 1.13. The first kappa shape index (κ1) is 44.4. The van der Waals surface area contributed by atoms with Gasteiger partial charge < -0.3 is 9.13 Å². The van der Waals surface area contributed by atoms with Crippen LogP contribution in [-0.4, -0.2) is 14.1 Å². The van der Waals surface area contributed by atoms with Crippen LogP contribution in [0.4, 0.5) is 0 Å². The Labute approximate surface area is 440 Å². The second-order valence-corrected chi connectivity index (χ2v) is 19.3. The summed E-state index contributed by atoms with van der Waals surface area (Å²) in [6.07, 6.45) is 0. The maximum Gasteiger partial charge on any atom is 0.101 e. The van der Waals surface area contributed by atoms with Crippen molar-refractivity contribution in [3.8, 4) is 95.6 Å². The maximum atomic E-state index is 11.7. The molecule has 4 nitrogen and oxygen atoms in total. The fourth-order valence-corrected chi connectivity index (χ4v) is 11.6. The highest BCUT2D eigenvalue weighted by Gasteiger charge is 2.25. The van der Waals surface area contributed by atoms with Crippen LogP contribution < -0.4 is 0 Å². The van der Waals surface area contributed by atoms with Gasteiger partial charge in [-0.2, -0.15) is 5.26 Å². The van der Waals surface area contributed by atoms with E-state index in [4.69, 9.17) is 4.98 Å². The highest BCUT2D eigenvalue weighted by molar-refractivity contribution is 6.19. The molecule has 0 bridgehead atoms. The molecule has 3 heterocycles. The average molecular weight is 967 g/mol. The van der Waals surface area contributed by atoms with Gasteiger partial charge in [-0.05, 0) is 98.6 Å². The molecule has 3 aromatic heterocycles. The predicted molar refractivity (Wildman–Crippen MR) is 316 cm³/mol.